The SMILES string of the molecule is Cn1cc2c(nc(NC(=O)Nc3ccc(CC(=O)NCCCOCCOOCCCCCN)cc3)n3nc(-c4ccco4)nc23)n1. The predicted molar refractivity (Wildman–Crippen MR) is 169 cm³/mol. The second-order valence-corrected chi connectivity index (χ2v) is 10.4. The van der Waals surface area contributed by atoms with Crippen LogP contribution in [0, 0.1) is 0 Å². The van der Waals surface area contributed by atoms with E-state index in [0.29, 0.717) is 79.9 Å². The van der Waals surface area contributed by atoms with Gasteiger partial charge in [0.2, 0.25) is 17.7 Å². The number of carbonyl (C=O) groups is 2. The fourth-order valence-corrected chi connectivity index (χ4v) is 4.50. The van der Waals surface area contributed by atoms with Crippen molar-refractivity contribution in [3.8, 4) is 11.6 Å². The number of nitrogens with zero attached hydrogens (tertiary/aromatic N) is 6. The number of furan rings is 1. The molecule has 46 heavy (non-hydrogen) atoms. The van der Waals surface area contributed by atoms with E-state index in [9.17, 15) is 9.59 Å². The molecule has 0 unspecified atom stereocenters. The van der Waals surface area contributed by atoms with Gasteiger partial charge in [0, 0.05) is 32.1 Å². The molecule has 3 amide bonds. The van der Waals surface area contributed by atoms with Gasteiger partial charge in [0.1, 0.15) is 6.61 Å². The van der Waals surface area contributed by atoms with Crippen molar-refractivity contribution < 1.29 is 28.5 Å². The van der Waals surface area contributed by atoms with Crippen molar-refractivity contribution in [2.75, 3.05) is 50.2 Å². The first-order valence-electron chi connectivity index (χ1n) is 15.1. The maximum Gasteiger partial charge on any atom is 0.326 e. The van der Waals surface area contributed by atoms with Crippen LogP contribution >= 0.6 is 0 Å². The Morgan fingerprint density at radius 1 is 0.935 bits per heavy atom. The molecule has 4 aromatic heterocycles. The Morgan fingerprint density at radius 3 is 2.59 bits per heavy atom. The number of hydrogen-bond donors (Lipinski definition) is 4. The molecule has 16 heteroatoms. The van der Waals surface area contributed by atoms with Crippen molar-refractivity contribution in [3.05, 3.63) is 54.4 Å². The highest BCUT2D eigenvalue weighted by atomic mass is 17.2. The normalized spacial score (nSPS) is 11.3. The number of rotatable bonds is 18. The number of ether oxygens (including phenoxy) is 1. The Morgan fingerprint density at radius 2 is 1.78 bits per heavy atom. The lowest BCUT2D eigenvalue weighted by Crippen LogP contribution is -2.27. The van der Waals surface area contributed by atoms with E-state index >= 15 is 0 Å². The molecule has 0 fully saturated rings. The third-order valence-electron chi connectivity index (χ3n) is 6.73. The van der Waals surface area contributed by atoms with Crippen LogP contribution in [0.15, 0.2) is 53.3 Å². The van der Waals surface area contributed by atoms with Crippen molar-refractivity contribution in [1.82, 2.24) is 34.7 Å². The Labute approximate surface area is 264 Å². The predicted octanol–water partition coefficient (Wildman–Crippen LogP) is 3.06. The second-order valence-electron chi connectivity index (χ2n) is 10.4. The van der Waals surface area contributed by atoms with Crippen molar-refractivity contribution >= 4 is 40.3 Å². The molecule has 0 aliphatic carbocycles. The number of anilines is 2. The molecule has 244 valence electrons. The molecule has 16 nitrogen and oxygen atoms in total. The standard InChI is InChI=1S/C30H38N10O6/c1-39-20-23-26(37-39)35-29(40-28(23)34-27(38-40)24-7-5-15-44-24)36-30(42)33-22-10-8-21(9-11-22)19-25(41)32-13-6-14-43-17-18-46-45-16-4-2-3-12-31/h5,7-11,15,20H,2-4,6,12-14,16-19,31H2,1H3,(H,32,41)(H2,33,35,36,37,42). The molecular formula is C30H38N10O6. The maximum atomic E-state index is 12.9. The molecule has 0 aliphatic rings. The zero-order chi connectivity index (χ0) is 32.1. The van der Waals surface area contributed by atoms with Crippen LogP contribution in [0.2, 0.25) is 0 Å². The quantitative estimate of drug-likeness (QED) is 0.0628. The molecule has 0 bridgehead atoms. The molecule has 0 aliphatic heterocycles. The lowest BCUT2D eigenvalue weighted by atomic mass is 10.1. The van der Waals surface area contributed by atoms with Crippen LogP contribution in [0.4, 0.5) is 16.4 Å². The van der Waals surface area contributed by atoms with E-state index in [-0.39, 0.29) is 18.3 Å². The minimum Gasteiger partial charge on any atom is -0.461 e. The summed E-state index contributed by atoms with van der Waals surface area (Å²) in [5.74, 6) is 0.852. The molecule has 5 rings (SSSR count). The zero-order valence-electron chi connectivity index (χ0n) is 25.6. The summed E-state index contributed by atoms with van der Waals surface area (Å²) in [6, 6.07) is 9.95. The van der Waals surface area contributed by atoms with Crippen molar-refractivity contribution in [1.29, 1.82) is 0 Å². The summed E-state index contributed by atoms with van der Waals surface area (Å²) < 4.78 is 14.0. The van der Waals surface area contributed by atoms with E-state index in [2.05, 4.69) is 36.1 Å². The fourth-order valence-electron chi connectivity index (χ4n) is 4.50. The summed E-state index contributed by atoms with van der Waals surface area (Å²) in [7, 11) is 1.77. The van der Waals surface area contributed by atoms with Crippen molar-refractivity contribution in [2.45, 2.75) is 32.1 Å². The minimum absolute atomic E-state index is 0.105. The number of aryl methyl sites for hydroxylation is 1. The van der Waals surface area contributed by atoms with E-state index in [1.54, 1.807) is 54.3 Å². The van der Waals surface area contributed by atoms with Crippen LogP contribution in [-0.2, 0) is 32.8 Å². The molecule has 1 aromatic carbocycles. The molecule has 0 atom stereocenters. The number of fused-ring (bicyclic) bond motifs is 3. The fraction of sp³-hybridized carbons (Fsp3) is 0.400. The summed E-state index contributed by atoms with van der Waals surface area (Å²) in [6.07, 6.45) is 7.13. The molecule has 0 saturated carbocycles. The van der Waals surface area contributed by atoms with Crippen molar-refractivity contribution in [3.63, 3.8) is 0 Å². The molecule has 0 saturated heterocycles. The maximum absolute atomic E-state index is 12.9. The lowest BCUT2D eigenvalue weighted by Gasteiger charge is -2.09. The molecular weight excluding hydrogens is 596 g/mol. The summed E-state index contributed by atoms with van der Waals surface area (Å²) >= 11 is 0. The molecule has 0 radical (unpaired) electrons. The monoisotopic (exact) mass is 634 g/mol. The number of aromatic nitrogens is 6. The average molecular weight is 635 g/mol. The van der Waals surface area contributed by atoms with Crippen LogP contribution in [0.5, 0.6) is 0 Å². The summed E-state index contributed by atoms with van der Waals surface area (Å²) in [5, 5.41) is 17.9. The Bertz CT molecular complexity index is 1700. The minimum atomic E-state index is -0.538. The average Bonchev–Trinajstić information content (AvgIpc) is 3.80. The molecule has 5 N–H and O–H groups in total. The number of carbonyl (C=O) groups excluding carboxylic acids is 2. The van der Waals surface area contributed by atoms with E-state index in [0.717, 1.165) is 24.8 Å². The van der Waals surface area contributed by atoms with Crippen LogP contribution < -0.4 is 21.7 Å². The smallest absolute Gasteiger partial charge is 0.326 e. The Kier molecular flexibility index (Phi) is 11.6. The highest BCUT2D eigenvalue weighted by Gasteiger charge is 2.19. The number of nitrogens with two attached hydrogens (primary N) is 1. The van der Waals surface area contributed by atoms with Gasteiger partial charge in [0.05, 0.1) is 31.3 Å². The van der Waals surface area contributed by atoms with Crippen LogP contribution in [0.3, 0.4) is 0 Å². The topological polar surface area (TPSA) is 198 Å². The first kappa shape index (κ1) is 32.5. The third kappa shape index (κ3) is 9.07. The van der Waals surface area contributed by atoms with Gasteiger partial charge >= 0.3 is 6.03 Å². The van der Waals surface area contributed by atoms with Gasteiger partial charge in [0.15, 0.2) is 17.1 Å². The van der Waals surface area contributed by atoms with Gasteiger partial charge in [-0.15, -0.1) is 5.10 Å². The number of nitrogens with one attached hydrogen (secondary N) is 3. The number of benzene rings is 1. The number of amides is 3. The molecule has 4 heterocycles. The van der Waals surface area contributed by atoms with Gasteiger partial charge in [-0.05, 0) is 62.1 Å². The first-order valence-corrected chi connectivity index (χ1v) is 15.1. The van der Waals surface area contributed by atoms with E-state index in [4.69, 9.17) is 24.7 Å². The highest BCUT2D eigenvalue weighted by molar-refractivity contribution is 6.00. The first-order chi connectivity index (χ1) is 22.5. The van der Waals surface area contributed by atoms with Gasteiger partial charge < -0.3 is 25.5 Å². The van der Waals surface area contributed by atoms with Crippen LogP contribution in [0.25, 0.3) is 28.3 Å². The lowest BCUT2D eigenvalue weighted by molar-refractivity contribution is -0.299. The third-order valence-corrected chi connectivity index (χ3v) is 6.73. The van der Waals surface area contributed by atoms with E-state index in [1.165, 1.54) is 10.8 Å². The summed E-state index contributed by atoms with van der Waals surface area (Å²) in [4.78, 5) is 44.4. The largest absolute Gasteiger partial charge is 0.461 e. The van der Waals surface area contributed by atoms with Crippen molar-refractivity contribution in [2.24, 2.45) is 12.8 Å². The van der Waals surface area contributed by atoms with E-state index < -0.39 is 6.03 Å². The van der Waals surface area contributed by atoms with Gasteiger partial charge in [-0.25, -0.2) is 19.6 Å². The Balaban J connectivity index is 1.03. The van der Waals surface area contributed by atoms with Gasteiger partial charge in [-0.1, -0.05) is 12.1 Å². The zero-order valence-corrected chi connectivity index (χ0v) is 25.6. The number of urea groups is 1. The Hall–Kier alpha value is -4.90. The van der Waals surface area contributed by atoms with Gasteiger partial charge in [0.25, 0.3) is 0 Å². The highest BCUT2D eigenvalue weighted by Crippen LogP contribution is 2.24. The number of hydrogen-bond acceptors (Lipinski definition) is 11. The molecule has 0 spiro atoms. The van der Waals surface area contributed by atoms with E-state index in [1.807, 2.05) is 0 Å². The van der Waals surface area contributed by atoms with Gasteiger partial charge in [-0.2, -0.15) is 14.6 Å². The van der Waals surface area contributed by atoms with Crippen LogP contribution in [-0.4, -0.2) is 80.8 Å². The summed E-state index contributed by atoms with van der Waals surface area (Å²) in [5.41, 5.74) is 7.65. The summed E-state index contributed by atoms with van der Waals surface area (Å²) in [6.45, 7) is 3.01. The van der Waals surface area contributed by atoms with Crippen LogP contribution in [0.1, 0.15) is 31.2 Å². The number of unbranched alkanes of at least 4 members (excludes halogenated alkanes) is 2. The molecule has 5 aromatic rings. The van der Waals surface area contributed by atoms with Gasteiger partial charge in [-0.3, -0.25) is 14.8 Å². The second kappa shape index (κ2) is 16.4.